The van der Waals surface area contributed by atoms with Gasteiger partial charge >= 0.3 is 11.9 Å². The molecule has 68 valence electrons. The van der Waals surface area contributed by atoms with Gasteiger partial charge in [-0.2, -0.15) is 0 Å². The molecule has 0 aromatic rings. The van der Waals surface area contributed by atoms with Crippen LogP contribution in [0.2, 0.25) is 0 Å². The van der Waals surface area contributed by atoms with Crippen molar-refractivity contribution in [2.45, 2.75) is 20.3 Å². The molecular weight excluding hydrogens is 160 g/mol. The van der Waals surface area contributed by atoms with E-state index in [9.17, 15) is 9.59 Å². The highest BCUT2D eigenvalue weighted by Crippen LogP contribution is 1.96. The van der Waals surface area contributed by atoms with Crippen molar-refractivity contribution in [1.29, 1.82) is 0 Å². The molecule has 0 saturated carbocycles. The van der Waals surface area contributed by atoms with E-state index in [1.807, 2.05) is 0 Å². The molecule has 0 atom stereocenters. The summed E-state index contributed by atoms with van der Waals surface area (Å²) in [4.78, 5) is 20.9. The lowest BCUT2D eigenvalue weighted by molar-refractivity contribution is -0.143. The minimum atomic E-state index is -0.971. The van der Waals surface area contributed by atoms with E-state index in [1.54, 1.807) is 19.9 Å². The Hall–Kier alpha value is -1.32. The first kappa shape index (κ1) is 10.7. The zero-order chi connectivity index (χ0) is 9.56. The van der Waals surface area contributed by atoms with Crippen LogP contribution in [0.1, 0.15) is 20.3 Å². The summed E-state index contributed by atoms with van der Waals surface area (Å²) in [5.74, 6) is -1.43. The van der Waals surface area contributed by atoms with Gasteiger partial charge in [0.05, 0.1) is 6.42 Å². The van der Waals surface area contributed by atoms with E-state index in [1.165, 1.54) is 0 Å². The van der Waals surface area contributed by atoms with Gasteiger partial charge in [0, 0.05) is 5.57 Å². The average Bonchev–Trinajstić information content (AvgIpc) is 2.02. The molecule has 0 heterocycles. The van der Waals surface area contributed by atoms with E-state index in [-0.39, 0.29) is 13.0 Å². The predicted octanol–water partition coefficient (Wildman–Crippen LogP) is 0.971. The average molecular weight is 172 g/mol. The van der Waals surface area contributed by atoms with Crippen LogP contribution in [0.15, 0.2) is 11.6 Å². The number of ether oxygens (including phenoxy) is 1. The topological polar surface area (TPSA) is 63.6 Å². The number of carbonyl (C=O) groups excluding carboxylic acids is 1. The van der Waals surface area contributed by atoms with Crippen molar-refractivity contribution in [3.8, 4) is 0 Å². The second-order valence-corrected chi connectivity index (χ2v) is 2.25. The summed E-state index contributed by atoms with van der Waals surface area (Å²) in [6.45, 7) is 3.26. The highest BCUT2D eigenvalue weighted by molar-refractivity contribution is 5.87. The fourth-order valence-electron chi connectivity index (χ4n) is 0.463. The summed E-state index contributed by atoms with van der Waals surface area (Å²) in [6.07, 6.45) is 1.46. The third-order valence-electron chi connectivity index (χ3n) is 1.30. The Morgan fingerprint density at radius 3 is 2.50 bits per heavy atom. The third kappa shape index (κ3) is 4.49. The van der Waals surface area contributed by atoms with Crippen LogP contribution in [0.4, 0.5) is 0 Å². The fraction of sp³-hybridized carbons (Fsp3) is 0.500. The molecule has 4 nitrogen and oxygen atoms in total. The van der Waals surface area contributed by atoms with E-state index in [2.05, 4.69) is 4.74 Å². The standard InChI is InChI=1S/C8H12O4/c1-3-6(2)8(11)12-5-4-7(9)10/h3H,4-5H2,1-2H3,(H,9,10). The zero-order valence-electron chi connectivity index (χ0n) is 7.16. The van der Waals surface area contributed by atoms with Crippen molar-refractivity contribution in [2.75, 3.05) is 6.61 Å². The maximum Gasteiger partial charge on any atom is 0.333 e. The molecule has 12 heavy (non-hydrogen) atoms. The minimum absolute atomic E-state index is 0.0701. The number of carboxylic acids is 1. The maximum atomic E-state index is 10.9. The number of aliphatic carboxylic acids is 1. The van der Waals surface area contributed by atoms with Crippen molar-refractivity contribution < 1.29 is 19.4 Å². The summed E-state index contributed by atoms with van der Waals surface area (Å²) in [7, 11) is 0. The number of carbonyl (C=O) groups is 2. The van der Waals surface area contributed by atoms with Crippen molar-refractivity contribution >= 4 is 11.9 Å². The van der Waals surface area contributed by atoms with Gasteiger partial charge in [0.15, 0.2) is 0 Å². The van der Waals surface area contributed by atoms with Gasteiger partial charge in [-0.3, -0.25) is 4.79 Å². The first-order chi connectivity index (χ1) is 5.57. The molecule has 1 N–H and O–H groups in total. The first-order valence-corrected chi connectivity index (χ1v) is 3.59. The van der Waals surface area contributed by atoms with Gasteiger partial charge in [0.2, 0.25) is 0 Å². The van der Waals surface area contributed by atoms with Gasteiger partial charge in [0.1, 0.15) is 6.61 Å². The Balaban J connectivity index is 3.65. The number of esters is 1. The van der Waals surface area contributed by atoms with Gasteiger partial charge in [-0.1, -0.05) is 6.08 Å². The Kier molecular flexibility index (Phi) is 4.76. The zero-order valence-corrected chi connectivity index (χ0v) is 7.16. The van der Waals surface area contributed by atoms with Crippen molar-refractivity contribution in [2.24, 2.45) is 0 Å². The van der Waals surface area contributed by atoms with Gasteiger partial charge in [-0.15, -0.1) is 0 Å². The highest BCUT2D eigenvalue weighted by Gasteiger charge is 2.05. The van der Waals surface area contributed by atoms with E-state index in [0.717, 1.165) is 0 Å². The summed E-state index contributed by atoms with van der Waals surface area (Å²) in [6, 6.07) is 0. The lowest BCUT2D eigenvalue weighted by Crippen LogP contribution is -2.09. The quantitative estimate of drug-likeness (QED) is 0.507. The second kappa shape index (κ2) is 5.35. The molecule has 0 unspecified atom stereocenters. The molecule has 0 spiro atoms. The van der Waals surface area contributed by atoms with Crippen molar-refractivity contribution in [1.82, 2.24) is 0 Å². The summed E-state index contributed by atoms with van der Waals surface area (Å²) >= 11 is 0. The van der Waals surface area contributed by atoms with Crippen LogP contribution in [0.5, 0.6) is 0 Å². The van der Waals surface area contributed by atoms with Crippen molar-refractivity contribution in [3.63, 3.8) is 0 Å². The lowest BCUT2D eigenvalue weighted by Gasteiger charge is -2.01. The molecule has 0 radical (unpaired) electrons. The van der Waals surface area contributed by atoms with E-state index in [0.29, 0.717) is 5.57 Å². The fourth-order valence-corrected chi connectivity index (χ4v) is 0.463. The van der Waals surface area contributed by atoms with Gasteiger partial charge in [0.25, 0.3) is 0 Å². The SMILES string of the molecule is CC=C(C)C(=O)OCCC(=O)O. The number of carboxylic acid groups (broad SMARTS) is 1. The summed E-state index contributed by atoms with van der Waals surface area (Å²) < 4.78 is 4.62. The van der Waals surface area contributed by atoms with Crippen LogP contribution < -0.4 is 0 Å². The van der Waals surface area contributed by atoms with Gasteiger partial charge in [-0.05, 0) is 13.8 Å². The second-order valence-electron chi connectivity index (χ2n) is 2.25. The molecule has 0 bridgehead atoms. The summed E-state index contributed by atoms with van der Waals surface area (Å²) in [5.41, 5.74) is 0.486. The van der Waals surface area contributed by atoms with E-state index in [4.69, 9.17) is 5.11 Å². The van der Waals surface area contributed by atoms with Crippen LogP contribution in [0.25, 0.3) is 0 Å². The molecule has 0 fully saturated rings. The Labute approximate surface area is 70.8 Å². The third-order valence-corrected chi connectivity index (χ3v) is 1.30. The molecule has 0 amide bonds. The van der Waals surface area contributed by atoms with Crippen molar-refractivity contribution in [3.05, 3.63) is 11.6 Å². The minimum Gasteiger partial charge on any atom is -0.481 e. The van der Waals surface area contributed by atoms with Crippen LogP contribution in [0.3, 0.4) is 0 Å². The molecule has 0 aliphatic rings. The Morgan fingerprint density at radius 1 is 1.50 bits per heavy atom. The molecule has 0 aromatic heterocycles. The lowest BCUT2D eigenvalue weighted by atomic mass is 10.3. The smallest absolute Gasteiger partial charge is 0.333 e. The van der Waals surface area contributed by atoms with Crippen LogP contribution >= 0.6 is 0 Å². The maximum absolute atomic E-state index is 10.9. The molecule has 0 saturated heterocycles. The Bertz CT molecular complexity index is 205. The van der Waals surface area contributed by atoms with Crippen LogP contribution in [-0.4, -0.2) is 23.7 Å². The van der Waals surface area contributed by atoms with E-state index < -0.39 is 11.9 Å². The van der Waals surface area contributed by atoms with Gasteiger partial charge in [-0.25, -0.2) is 4.79 Å². The largest absolute Gasteiger partial charge is 0.481 e. The molecule has 0 aliphatic carbocycles. The van der Waals surface area contributed by atoms with E-state index >= 15 is 0 Å². The van der Waals surface area contributed by atoms with Crippen LogP contribution in [-0.2, 0) is 14.3 Å². The molecule has 0 aromatic carbocycles. The van der Waals surface area contributed by atoms with Gasteiger partial charge < -0.3 is 9.84 Å². The molecule has 0 rings (SSSR count). The number of rotatable bonds is 4. The predicted molar refractivity (Wildman–Crippen MR) is 42.6 cm³/mol. The monoisotopic (exact) mass is 172 g/mol. The summed E-state index contributed by atoms with van der Waals surface area (Å²) in [5, 5.41) is 8.22. The molecule has 0 aliphatic heterocycles. The number of hydrogen-bond donors (Lipinski definition) is 1. The highest BCUT2D eigenvalue weighted by atomic mass is 16.5. The first-order valence-electron chi connectivity index (χ1n) is 3.59. The van der Waals surface area contributed by atoms with Crippen LogP contribution in [0, 0.1) is 0 Å². The number of allylic oxidation sites excluding steroid dienone is 1. The molecule has 4 heteroatoms. The molecular formula is C8H12O4. The normalized spacial score (nSPS) is 11.0. The number of hydrogen-bond acceptors (Lipinski definition) is 3. The Morgan fingerprint density at radius 2 is 2.08 bits per heavy atom.